The number of thioether (sulfide) groups is 1. The average molecular weight is 411 g/mol. The molecular formula is C24H26O4S. The van der Waals surface area contributed by atoms with E-state index in [0.717, 1.165) is 22.3 Å². The fourth-order valence-corrected chi connectivity index (χ4v) is 4.84. The molecule has 5 heteroatoms. The van der Waals surface area contributed by atoms with E-state index in [4.69, 9.17) is 5.11 Å². The minimum Gasteiger partial charge on any atom is -0.481 e. The average Bonchev–Trinajstić information content (AvgIpc) is 2.65. The molecule has 0 bridgehead atoms. The Balaban J connectivity index is 2.01. The van der Waals surface area contributed by atoms with Crippen molar-refractivity contribution in [3.8, 4) is 0 Å². The Labute approximate surface area is 175 Å². The van der Waals surface area contributed by atoms with Gasteiger partial charge < -0.3 is 15.3 Å². The second kappa shape index (κ2) is 8.99. The first-order valence-corrected chi connectivity index (χ1v) is 10.4. The van der Waals surface area contributed by atoms with Crippen LogP contribution >= 0.6 is 11.8 Å². The number of allylic oxidation sites excluding steroid dienone is 1. The summed E-state index contributed by atoms with van der Waals surface area (Å²) in [6.45, 7) is 4.31. The largest absolute Gasteiger partial charge is 0.481 e. The molecule has 2 atom stereocenters. The first-order chi connectivity index (χ1) is 13.8. The predicted molar refractivity (Wildman–Crippen MR) is 117 cm³/mol. The Kier molecular flexibility index (Phi) is 6.63. The molecule has 152 valence electrons. The standard InChI is InChI=1S/C24H26O4S/c1-24(2)20(13-12-17(25)14-18(26)15-22(27)28)23(16-8-4-3-5-9-16)19-10-6-7-11-21(19)29-24/h3-13,17-18,25-26H,14-15H2,1-2H3,(H,27,28)/b13-12+. The van der Waals surface area contributed by atoms with Gasteiger partial charge in [0.1, 0.15) is 0 Å². The van der Waals surface area contributed by atoms with E-state index < -0.39 is 18.2 Å². The van der Waals surface area contributed by atoms with Gasteiger partial charge in [-0.3, -0.25) is 4.79 Å². The van der Waals surface area contributed by atoms with Crippen LogP contribution in [-0.4, -0.2) is 38.2 Å². The topological polar surface area (TPSA) is 77.8 Å². The zero-order valence-corrected chi connectivity index (χ0v) is 17.4. The van der Waals surface area contributed by atoms with E-state index >= 15 is 0 Å². The summed E-state index contributed by atoms with van der Waals surface area (Å²) in [5, 5.41) is 28.9. The zero-order valence-electron chi connectivity index (χ0n) is 16.6. The summed E-state index contributed by atoms with van der Waals surface area (Å²) >= 11 is 1.78. The molecule has 3 N–H and O–H groups in total. The molecule has 0 fully saturated rings. The van der Waals surface area contributed by atoms with E-state index in [0.29, 0.717) is 0 Å². The summed E-state index contributed by atoms with van der Waals surface area (Å²) in [6, 6.07) is 18.5. The van der Waals surface area contributed by atoms with Gasteiger partial charge in [0.15, 0.2) is 0 Å². The van der Waals surface area contributed by atoms with Gasteiger partial charge in [0.25, 0.3) is 0 Å². The van der Waals surface area contributed by atoms with E-state index in [-0.39, 0.29) is 17.6 Å². The number of hydrogen-bond acceptors (Lipinski definition) is 4. The smallest absolute Gasteiger partial charge is 0.305 e. The molecular weight excluding hydrogens is 384 g/mol. The SMILES string of the molecule is CC1(C)Sc2ccccc2C(c2ccccc2)=C1/C=C/C(O)CC(O)CC(=O)O. The molecule has 3 rings (SSSR count). The zero-order chi connectivity index (χ0) is 21.0. The van der Waals surface area contributed by atoms with Crippen LogP contribution in [0.1, 0.15) is 37.8 Å². The van der Waals surface area contributed by atoms with E-state index in [1.54, 1.807) is 17.8 Å². The van der Waals surface area contributed by atoms with Crippen molar-refractivity contribution in [1.82, 2.24) is 0 Å². The highest BCUT2D eigenvalue weighted by atomic mass is 32.2. The van der Waals surface area contributed by atoms with Crippen molar-refractivity contribution in [2.45, 2.75) is 48.5 Å². The molecule has 0 aromatic heterocycles. The van der Waals surface area contributed by atoms with Gasteiger partial charge in [-0.05, 0) is 42.2 Å². The number of carboxylic acid groups (broad SMARTS) is 1. The molecule has 2 aromatic rings. The van der Waals surface area contributed by atoms with E-state index in [1.165, 1.54) is 4.90 Å². The van der Waals surface area contributed by atoms with Crippen molar-refractivity contribution < 1.29 is 20.1 Å². The normalized spacial score (nSPS) is 17.8. The lowest BCUT2D eigenvalue weighted by Crippen LogP contribution is -2.23. The Morgan fingerprint density at radius 1 is 1.07 bits per heavy atom. The van der Waals surface area contributed by atoms with Gasteiger partial charge >= 0.3 is 5.97 Å². The molecule has 2 aromatic carbocycles. The molecule has 1 aliphatic rings. The lowest BCUT2D eigenvalue weighted by Gasteiger charge is -2.35. The van der Waals surface area contributed by atoms with Crippen LogP contribution in [0.25, 0.3) is 5.57 Å². The molecule has 4 nitrogen and oxygen atoms in total. The molecule has 0 saturated heterocycles. The van der Waals surface area contributed by atoms with Gasteiger partial charge in [-0.15, -0.1) is 11.8 Å². The number of aliphatic hydroxyl groups excluding tert-OH is 2. The molecule has 0 amide bonds. The maximum atomic E-state index is 10.7. The first-order valence-electron chi connectivity index (χ1n) is 9.62. The van der Waals surface area contributed by atoms with Gasteiger partial charge in [-0.2, -0.15) is 0 Å². The molecule has 2 unspecified atom stereocenters. The number of carbonyl (C=O) groups is 1. The third kappa shape index (κ3) is 5.18. The summed E-state index contributed by atoms with van der Waals surface area (Å²) in [4.78, 5) is 11.9. The summed E-state index contributed by atoms with van der Waals surface area (Å²) in [5.74, 6) is -1.08. The number of carboxylic acids is 1. The van der Waals surface area contributed by atoms with Gasteiger partial charge in [-0.25, -0.2) is 0 Å². The van der Waals surface area contributed by atoms with Crippen molar-refractivity contribution in [3.05, 3.63) is 83.4 Å². The van der Waals surface area contributed by atoms with E-state index in [1.807, 2.05) is 36.4 Å². The van der Waals surface area contributed by atoms with Gasteiger partial charge in [0.05, 0.1) is 18.6 Å². The van der Waals surface area contributed by atoms with E-state index in [2.05, 4.69) is 38.1 Å². The van der Waals surface area contributed by atoms with Crippen LogP contribution in [-0.2, 0) is 4.79 Å². The van der Waals surface area contributed by atoms with Crippen molar-refractivity contribution in [2.75, 3.05) is 0 Å². The van der Waals surface area contributed by atoms with Crippen molar-refractivity contribution in [1.29, 1.82) is 0 Å². The number of aliphatic hydroxyl groups is 2. The monoisotopic (exact) mass is 410 g/mol. The number of hydrogen-bond donors (Lipinski definition) is 3. The number of aliphatic carboxylic acids is 1. The maximum absolute atomic E-state index is 10.7. The molecule has 0 saturated carbocycles. The molecule has 29 heavy (non-hydrogen) atoms. The van der Waals surface area contributed by atoms with Crippen LogP contribution in [0.2, 0.25) is 0 Å². The summed E-state index contributed by atoms with van der Waals surface area (Å²) in [7, 11) is 0. The lowest BCUT2D eigenvalue weighted by atomic mass is 9.86. The van der Waals surface area contributed by atoms with Gasteiger partial charge in [-0.1, -0.05) is 60.7 Å². The molecule has 0 radical (unpaired) electrons. The minimum atomic E-state index is -1.08. The third-order valence-electron chi connectivity index (χ3n) is 4.91. The summed E-state index contributed by atoms with van der Waals surface area (Å²) < 4.78 is -0.227. The highest BCUT2D eigenvalue weighted by Gasteiger charge is 2.33. The van der Waals surface area contributed by atoms with Crippen LogP contribution < -0.4 is 0 Å². The quantitative estimate of drug-likeness (QED) is 0.626. The fourth-order valence-electron chi connectivity index (χ4n) is 3.59. The Hall–Kier alpha value is -2.34. The van der Waals surface area contributed by atoms with Crippen molar-refractivity contribution in [2.24, 2.45) is 0 Å². The number of benzene rings is 2. The van der Waals surface area contributed by atoms with Crippen molar-refractivity contribution >= 4 is 23.3 Å². The highest BCUT2D eigenvalue weighted by Crippen LogP contribution is 2.50. The summed E-state index contributed by atoms with van der Waals surface area (Å²) in [5.41, 5.74) is 4.47. The second-order valence-corrected chi connectivity index (χ2v) is 9.34. The van der Waals surface area contributed by atoms with Gasteiger partial charge in [0, 0.05) is 16.1 Å². The van der Waals surface area contributed by atoms with Crippen LogP contribution in [0.3, 0.4) is 0 Å². The third-order valence-corrected chi connectivity index (χ3v) is 6.22. The highest BCUT2D eigenvalue weighted by molar-refractivity contribution is 8.01. The Morgan fingerprint density at radius 2 is 1.72 bits per heavy atom. The number of rotatable bonds is 7. The number of fused-ring (bicyclic) bond motifs is 1. The Morgan fingerprint density at radius 3 is 2.41 bits per heavy atom. The maximum Gasteiger partial charge on any atom is 0.305 e. The van der Waals surface area contributed by atoms with Gasteiger partial charge in [0.2, 0.25) is 0 Å². The lowest BCUT2D eigenvalue weighted by molar-refractivity contribution is -0.139. The van der Waals surface area contributed by atoms with E-state index in [9.17, 15) is 15.0 Å². The second-order valence-electron chi connectivity index (χ2n) is 7.68. The van der Waals surface area contributed by atoms with Crippen LogP contribution in [0, 0.1) is 0 Å². The van der Waals surface area contributed by atoms with Crippen molar-refractivity contribution in [3.63, 3.8) is 0 Å². The fraction of sp³-hybridized carbons (Fsp3) is 0.292. The molecule has 1 aliphatic heterocycles. The molecule has 0 spiro atoms. The van der Waals surface area contributed by atoms with Crippen LogP contribution in [0.15, 0.2) is 77.2 Å². The predicted octanol–water partition coefficient (Wildman–Crippen LogP) is 4.52. The first kappa shape index (κ1) is 21.4. The summed E-state index contributed by atoms with van der Waals surface area (Å²) in [6.07, 6.45) is 1.18. The minimum absolute atomic E-state index is 0.0130. The van der Waals surface area contributed by atoms with Crippen LogP contribution in [0.5, 0.6) is 0 Å². The Bertz CT molecular complexity index is 931. The molecule has 0 aliphatic carbocycles. The molecule has 1 heterocycles. The van der Waals surface area contributed by atoms with Crippen LogP contribution in [0.4, 0.5) is 0 Å².